The van der Waals surface area contributed by atoms with Gasteiger partial charge in [-0.1, -0.05) is 0 Å². The molecule has 2 saturated heterocycles. The predicted molar refractivity (Wildman–Crippen MR) is 131 cm³/mol. The van der Waals surface area contributed by atoms with Crippen LogP contribution in [0, 0.1) is 17.6 Å². The second-order valence-electron chi connectivity index (χ2n) is 10.0. The molecule has 3 fully saturated rings. The highest BCUT2D eigenvalue weighted by Gasteiger charge is 2.47. The van der Waals surface area contributed by atoms with Crippen molar-refractivity contribution >= 4 is 34.7 Å². The van der Waals surface area contributed by atoms with Crippen molar-refractivity contribution in [2.45, 2.75) is 31.2 Å². The van der Waals surface area contributed by atoms with E-state index >= 15 is 4.39 Å². The fourth-order valence-electron chi connectivity index (χ4n) is 5.41. The number of anilines is 3. The van der Waals surface area contributed by atoms with Crippen LogP contribution in [-0.2, 0) is 4.79 Å². The normalized spacial score (nSPS) is 19.4. The highest BCUT2D eigenvalue weighted by molar-refractivity contribution is 6.12. The molecule has 0 unspecified atom stereocenters. The van der Waals surface area contributed by atoms with Crippen LogP contribution in [0.4, 0.5) is 26.0 Å². The molecule has 4 N–H and O–H groups in total. The Morgan fingerprint density at radius 1 is 1.14 bits per heavy atom. The van der Waals surface area contributed by atoms with Crippen LogP contribution in [0.15, 0.2) is 24.8 Å². The molecule has 6 rings (SSSR count). The quantitative estimate of drug-likeness (QED) is 0.479. The van der Waals surface area contributed by atoms with E-state index in [0.717, 1.165) is 49.0 Å². The van der Waals surface area contributed by atoms with E-state index in [2.05, 4.69) is 25.7 Å². The van der Waals surface area contributed by atoms with Gasteiger partial charge in [0.1, 0.15) is 11.3 Å². The second-order valence-corrected chi connectivity index (χ2v) is 10.0. The van der Waals surface area contributed by atoms with E-state index in [1.54, 1.807) is 0 Å². The Morgan fingerprint density at radius 3 is 2.68 bits per heavy atom. The Kier molecular flexibility index (Phi) is 5.66. The minimum absolute atomic E-state index is 0.0519. The summed E-state index contributed by atoms with van der Waals surface area (Å²) in [6.45, 7) is 3.20. The summed E-state index contributed by atoms with van der Waals surface area (Å²) in [5, 5.41) is 10.1. The van der Waals surface area contributed by atoms with Gasteiger partial charge in [0.2, 0.25) is 5.91 Å². The van der Waals surface area contributed by atoms with Crippen LogP contribution in [0.2, 0.25) is 0 Å². The lowest BCUT2D eigenvalue weighted by Gasteiger charge is -2.39. The number of piperidine rings is 1. The molecule has 1 saturated carbocycles. The number of fused-ring (bicyclic) bond motifs is 1. The standard InChI is InChI=1S/C24H27F2N9O2/c25-15-9-29-21-18(20(27)32-35(21)12-15)22(36)31-17-11-28-10-16(26)19(17)33-6-1-14(2-7-33)23(37)34-8-5-30-24(13-34)3-4-24/h9-12,14,30H,1-8,13H2,(H2,27,32)(H,31,36). The van der Waals surface area contributed by atoms with E-state index in [0.29, 0.717) is 32.5 Å². The summed E-state index contributed by atoms with van der Waals surface area (Å²) in [5.74, 6) is -1.97. The number of nitrogens with one attached hydrogen (secondary N) is 2. The molecule has 13 heteroatoms. The maximum Gasteiger partial charge on any atom is 0.263 e. The van der Waals surface area contributed by atoms with Gasteiger partial charge in [0.05, 0.1) is 30.5 Å². The molecule has 0 aromatic carbocycles. The topological polar surface area (TPSA) is 134 Å². The van der Waals surface area contributed by atoms with Crippen molar-refractivity contribution in [2.75, 3.05) is 48.7 Å². The van der Waals surface area contributed by atoms with Crippen LogP contribution < -0.4 is 21.3 Å². The maximum absolute atomic E-state index is 15.0. The van der Waals surface area contributed by atoms with Gasteiger partial charge >= 0.3 is 0 Å². The summed E-state index contributed by atoms with van der Waals surface area (Å²) in [7, 11) is 0. The van der Waals surface area contributed by atoms with Crippen molar-refractivity contribution in [1.82, 2.24) is 29.8 Å². The number of carbonyl (C=O) groups excluding carboxylic acids is 2. The number of nitrogen functional groups attached to an aromatic ring is 1. The van der Waals surface area contributed by atoms with E-state index in [9.17, 15) is 14.0 Å². The van der Waals surface area contributed by atoms with Gasteiger partial charge in [-0.25, -0.2) is 18.3 Å². The summed E-state index contributed by atoms with van der Waals surface area (Å²) >= 11 is 0. The van der Waals surface area contributed by atoms with Crippen LogP contribution in [0.25, 0.3) is 5.65 Å². The fraction of sp³-hybridized carbons (Fsp3) is 0.458. The summed E-state index contributed by atoms with van der Waals surface area (Å²) in [6, 6.07) is 0. The average Bonchev–Trinajstić information content (AvgIpc) is 3.54. The van der Waals surface area contributed by atoms with Crippen molar-refractivity contribution < 1.29 is 18.4 Å². The summed E-state index contributed by atoms with van der Waals surface area (Å²) < 4.78 is 29.6. The smallest absolute Gasteiger partial charge is 0.263 e. The van der Waals surface area contributed by atoms with Crippen molar-refractivity contribution in [3.63, 3.8) is 0 Å². The summed E-state index contributed by atoms with van der Waals surface area (Å²) in [5.41, 5.74) is 6.40. The monoisotopic (exact) mass is 511 g/mol. The van der Waals surface area contributed by atoms with Crippen LogP contribution >= 0.6 is 0 Å². The largest absolute Gasteiger partial charge is 0.381 e. The molecule has 0 radical (unpaired) electrons. The number of rotatable bonds is 4. The van der Waals surface area contributed by atoms with E-state index in [1.165, 1.54) is 6.20 Å². The molecule has 1 spiro atoms. The summed E-state index contributed by atoms with van der Waals surface area (Å²) in [6.07, 6.45) is 7.85. The Labute approximate surface area is 211 Å². The van der Waals surface area contributed by atoms with Crippen LogP contribution in [0.3, 0.4) is 0 Å². The van der Waals surface area contributed by atoms with Crippen LogP contribution in [0.1, 0.15) is 36.0 Å². The van der Waals surface area contributed by atoms with Gasteiger partial charge in [0, 0.05) is 44.2 Å². The van der Waals surface area contributed by atoms with Crippen LogP contribution in [-0.4, -0.2) is 74.6 Å². The molecule has 1 aliphatic carbocycles. The third-order valence-electron chi connectivity index (χ3n) is 7.52. The van der Waals surface area contributed by atoms with Crippen molar-refractivity contribution in [3.8, 4) is 0 Å². The zero-order valence-electron chi connectivity index (χ0n) is 20.1. The van der Waals surface area contributed by atoms with Gasteiger partial charge in [-0.2, -0.15) is 0 Å². The molecular formula is C24H27F2N9O2. The number of aromatic nitrogens is 4. The van der Waals surface area contributed by atoms with Crippen molar-refractivity contribution in [1.29, 1.82) is 0 Å². The fourth-order valence-corrected chi connectivity index (χ4v) is 5.41. The average molecular weight is 512 g/mol. The summed E-state index contributed by atoms with van der Waals surface area (Å²) in [4.78, 5) is 37.9. The van der Waals surface area contributed by atoms with Gasteiger partial charge in [-0.15, -0.1) is 5.10 Å². The lowest BCUT2D eigenvalue weighted by atomic mass is 9.94. The first-order chi connectivity index (χ1) is 17.8. The van der Waals surface area contributed by atoms with Crippen molar-refractivity contribution in [3.05, 3.63) is 42.0 Å². The molecule has 2 amide bonds. The van der Waals surface area contributed by atoms with Gasteiger partial charge < -0.3 is 26.2 Å². The zero-order valence-corrected chi connectivity index (χ0v) is 20.1. The number of amides is 2. The van der Waals surface area contributed by atoms with E-state index in [4.69, 9.17) is 5.73 Å². The number of carbonyl (C=O) groups is 2. The van der Waals surface area contributed by atoms with E-state index in [-0.39, 0.29) is 45.8 Å². The molecule has 3 aliphatic rings. The molecule has 3 aromatic heterocycles. The van der Waals surface area contributed by atoms with Gasteiger partial charge in [0.25, 0.3) is 5.91 Å². The van der Waals surface area contributed by atoms with Gasteiger partial charge in [-0.05, 0) is 25.7 Å². The lowest BCUT2D eigenvalue weighted by molar-refractivity contribution is -0.137. The van der Waals surface area contributed by atoms with E-state index < -0.39 is 17.5 Å². The molecule has 2 aliphatic heterocycles. The molecule has 194 valence electrons. The second kappa shape index (κ2) is 8.91. The Morgan fingerprint density at radius 2 is 1.92 bits per heavy atom. The molecule has 37 heavy (non-hydrogen) atoms. The molecule has 11 nitrogen and oxygen atoms in total. The number of piperazine rings is 1. The maximum atomic E-state index is 15.0. The molecule has 0 atom stereocenters. The first-order valence-electron chi connectivity index (χ1n) is 12.4. The predicted octanol–water partition coefficient (Wildman–Crippen LogP) is 1.42. The number of halogens is 2. The van der Waals surface area contributed by atoms with E-state index in [1.807, 2.05) is 9.80 Å². The Hall–Kier alpha value is -3.87. The number of nitrogens with two attached hydrogens (primary N) is 1. The highest BCUT2D eigenvalue weighted by Crippen LogP contribution is 2.38. The SMILES string of the molecule is Nc1nn2cc(F)cnc2c1C(=O)Nc1cncc(F)c1N1CCC(C(=O)N2CCNC3(CC3)C2)CC1. The van der Waals surface area contributed by atoms with Gasteiger partial charge in [-0.3, -0.25) is 14.6 Å². The molecule has 0 bridgehead atoms. The highest BCUT2D eigenvalue weighted by atomic mass is 19.1. The van der Waals surface area contributed by atoms with Crippen LogP contribution in [0.5, 0.6) is 0 Å². The van der Waals surface area contributed by atoms with Gasteiger partial charge in [0.15, 0.2) is 23.1 Å². The first kappa shape index (κ1) is 23.5. The number of pyridine rings is 1. The number of hydrogen-bond acceptors (Lipinski definition) is 8. The minimum atomic E-state index is -0.668. The van der Waals surface area contributed by atoms with Crippen molar-refractivity contribution in [2.24, 2.45) is 5.92 Å². The third-order valence-corrected chi connectivity index (χ3v) is 7.52. The third kappa shape index (κ3) is 4.32. The first-order valence-corrected chi connectivity index (χ1v) is 12.4. The molecule has 5 heterocycles. The minimum Gasteiger partial charge on any atom is -0.381 e. The Balaban J connectivity index is 1.17. The Bertz CT molecular complexity index is 1380. The number of hydrogen-bond donors (Lipinski definition) is 3. The molecule has 3 aromatic rings. The zero-order chi connectivity index (χ0) is 25.7. The number of nitrogens with zero attached hydrogens (tertiary/aromatic N) is 6. The molecular weight excluding hydrogens is 484 g/mol. The lowest BCUT2D eigenvalue weighted by Crippen LogP contribution is -2.56.